The normalized spacial score (nSPS) is 14.1. The van der Waals surface area contributed by atoms with Gasteiger partial charge < -0.3 is 20.9 Å². The summed E-state index contributed by atoms with van der Waals surface area (Å²) in [6, 6.07) is -0.0804. The quantitative estimate of drug-likeness (QED) is 0.683. The lowest BCUT2D eigenvalue weighted by Crippen LogP contribution is -2.31. The number of hydrogen-bond acceptors (Lipinski definition) is 6. The molecule has 0 aromatic carbocycles. The predicted molar refractivity (Wildman–Crippen MR) is 66.9 cm³/mol. The molecule has 0 bridgehead atoms. The summed E-state index contributed by atoms with van der Waals surface area (Å²) in [7, 11) is 1.54. The molecule has 0 radical (unpaired) electrons. The summed E-state index contributed by atoms with van der Waals surface area (Å²) < 4.78 is 5.13. The molecule has 0 aliphatic heterocycles. The Morgan fingerprint density at radius 2 is 2.29 bits per heavy atom. The molecule has 6 nitrogen and oxygen atoms in total. The standard InChI is InChI=1S/C11H20N4O2/c1-4-7(2)8(6-16)14-10-9(17-3)5-13-11(12)15-10/h5,7-8,16H,4,6H2,1-3H3,(H3,12,13,14,15)/t7-,8+/m0/s1. The number of aromatic nitrogens is 2. The number of nitrogens with zero attached hydrogens (tertiary/aromatic N) is 2. The van der Waals surface area contributed by atoms with Gasteiger partial charge in [0.1, 0.15) is 0 Å². The fourth-order valence-electron chi connectivity index (χ4n) is 1.47. The maximum absolute atomic E-state index is 9.34. The highest BCUT2D eigenvalue weighted by atomic mass is 16.5. The zero-order valence-electron chi connectivity index (χ0n) is 10.5. The number of methoxy groups -OCH3 is 1. The Kier molecular flexibility index (Phi) is 4.96. The minimum Gasteiger partial charge on any atom is -0.491 e. The second-order valence-corrected chi connectivity index (χ2v) is 3.96. The predicted octanol–water partition coefficient (Wildman–Crippen LogP) is 0.886. The van der Waals surface area contributed by atoms with E-state index >= 15 is 0 Å². The van der Waals surface area contributed by atoms with Crippen LogP contribution in [0.1, 0.15) is 20.3 Å². The van der Waals surface area contributed by atoms with E-state index in [4.69, 9.17) is 10.5 Å². The molecule has 4 N–H and O–H groups in total. The van der Waals surface area contributed by atoms with Crippen LogP contribution in [-0.4, -0.2) is 34.8 Å². The third-order valence-electron chi connectivity index (χ3n) is 2.84. The molecule has 96 valence electrons. The Balaban J connectivity index is 2.88. The molecular formula is C11H20N4O2. The van der Waals surface area contributed by atoms with Gasteiger partial charge in [-0.3, -0.25) is 0 Å². The summed E-state index contributed by atoms with van der Waals surface area (Å²) >= 11 is 0. The first-order valence-corrected chi connectivity index (χ1v) is 5.66. The van der Waals surface area contributed by atoms with Crippen molar-refractivity contribution in [2.45, 2.75) is 26.3 Å². The average molecular weight is 240 g/mol. The van der Waals surface area contributed by atoms with Gasteiger partial charge in [-0.15, -0.1) is 0 Å². The fourth-order valence-corrected chi connectivity index (χ4v) is 1.47. The molecule has 1 aromatic rings. The van der Waals surface area contributed by atoms with Gasteiger partial charge in [0.25, 0.3) is 0 Å². The first kappa shape index (κ1) is 13.5. The lowest BCUT2D eigenvalue weighted by Gasteiger charge is -2.23. The summed E-state index contributed by atoms with van der Waals surface area (Å²) in [6.45, 7) is 4.16. The molecule has 0 fully saturated rings. The summed E-state index contributed by atoms with van der Waals surface area (Å²) in [5.74, 6) is 1.52. The Hall–Kier alpha value is -1.56. The molecule has 2 atom stereocenters. The first-order chi connectivity index (χ1) is 8.12. The summed E-state index contributed by atoms with van der Waals surface area (Å²) in [5.41, 5.74) is 5.53. The Bertz CT molecular complexity index is 359. The molecular weight excluding hydrogens is 220 g/mol. The topological polar surface area (TPSA) is 93.3 Å². The van der Waals surface area contributed by atoms with E-state index in [2.05, 4.69) is 29.1 Å². The third kappa shape index (κ3) is 3.45. The molecule has 0 saturated heterocycles. The van der Waals surface area contributed by atoms with Gasteiger partial charge >= 0.3 is 0 Å². The molecule has 0 saturated carbocycles. The van der Waals surface area contributed by atoms with Crippen LogP contribution >= 0.6 is 0 Å². The van der Waals surface area contributed by atoms with Gasteiger partial charge in [-0.2, -0.15) is 4.98 Å². The molecule has 1 rings (SSSR count). The van der Waals surface area contributed by atoms with Crippen molar-refractivity contribution in [1.29, 1.82) is 0 Å². The SMILES string of the molecule is CC[C@H](C)[C@@H](CO)Nc1nc(N)ncc1OC. The van der Waals surface area contributed by atoms with E-state index in [0.29, 0.717) is 17.5 Å². The van der Waals surface area contributed by atoms with E-state index in [0.717, 1.165) is 6.42 Å². The molecule has 0 unspecified atom stereocenters. The highest BCUT2D eigenvalue weighted by Crippen LogP contribution is 2.23. The van der Waals surface area contributed by atoms with Crippen molar-refractivity contribution in [1.82, 2.24) is 9.97 Å². The van der Waals surface area contributed by atoms with E-state index in [1.165, 1.54) is 13.3 Å². The average Bonchev–Trinajstić information content (AvgIpc) is 2.35. The molecule has 1 aromatic heterocycles. The number of nitrogens with two attached hydrogens (primary N) is 1. The molecule has 0 spiro atoms. The van der Waals surface area contributed by atoms with Gasteiger partial charge in [-0.25, -0.2) is 4.98 Å². The maximum atomic E-state index is 9.34. The smallest absolute Gasteiger partial charge is 0.222 e. The lowest BCUT2D eigenvalue weighted by molar-refractivity contribution is 0.240. The lowest BCUT2D eigenvalue weighted by atomic mass is 10.00. The summed E-state index contributed by atoms with van der Waals surface area (Å²) in [4.78, 5) is 7.92. The van der Waals surface area contributed by atoms with Crippen molar-refractivity contribution in [2.75, 3.05) is 24.8 Å². The maximum Gasteiger partial charge on any atom is 0.222 e. The zero-order chi connectivity index (χ0) is 12.8. The van der Waals surface area contributed by atoms with E-state index in [1.807, 2.05) is 0 Å². The van der Waals surface area contributed by atoms with Crippen molar-refractivity contribution in [3.05, 3.63) is 6.20 Å². The van der Waals surface area contributed by atoms with Crippen molar-refractivity contribution in [3.8, 4) is 5.75 Å². The number of rotatable bonds is 6. The minimum atomic E-state index is -0.0804. The van der Waals surface area contributed by atoms with Gasteiger partial charge in [-0.05, 0) is 5.92 Å². The Morgan fingerprint density at radius 1 is 1.59 bits per heavy atom. The Labute approximate surface area is 101 Å². The van der Waals surface area contributed by atoms with Crippen LogP contribution in [0.4, 0.5) is 11.8 Å². The first-order valence-electron chi connectivity index (χ1n) is 5.66. The number of hydrogen-bond donors (Lipinski definition) is 3. The van der Waals surface area contributed by atoms with Crippen LogP contribution in [-0.2, 0) is 0 Å². The van der Waals surface area contributed by atoms with Crippen LogP contribution in [0.25, 0.3) is 0 Å². The number of nitrogen functional groups attached to an aromatic ring is 1. The van der Waals surface area contributed by atoms with Gasteiger partial charge in [0.05, 0.1) is 26.0 Å². The Morgan fingerprint density at radius 3 is 2.82 bits per heavy atom. The van der Waals surface area contributed by atoms with Crippen molar-refractivity contribution in [3.63, 3.8) is 0 Å². The van der Waals surface area contributed by atoms with E-state index < -0.39 is 0 Å². The van der Waals surface area contributed by atoms with Crippen molar-refractivity contribution >= 4 is 11.8 Å². The largest absolute Gasteiger partial charge is 0.491 e. The highest BCUT2D eigenvalue weighted by molar-refractivity contribution is 5.51. The van der Waals surface area contributed by atoms with Gasteiger partial charge in [0, 0.05) is 0 Å². The highest BCUT2D eigenvalue weighted by Gasteiger charge is 2.17. The summed E-state index contributed by atoms with van der Waals surface area (Å²) in [6.07, 6.45) is 2.47. The number of ether oxygens (including phenoxy) is 1. The number of anilines is 2. The van der Waals surface area contributed by atoms with Crippen LogP contribution in [0.2, 0.25) is 0 Å². The second-order valence-electron chi connectivity index (χ2n) is 3.96. The molecule has 17 heavy (non-hydrogen) atoms. The zero-order valence-corrected chi connectivity index (χ0v) is 10.5. The van der Waals surface area contributed by atoms with Crippen LogP contribution in [0.3, 0.4) is 0 Å². The molecule has 6 heteroatoms. The fraction of sp³-hybridized carbons (Fsp3) is 0.636. The van der Waals surface area contributed by atoms with Gasteiger partial charge in [0.2, 0.25) is 5.95 Å². The number of aliphatic hydroxyl groups is 1. The van der Waals surface area contributed by atoms with Crippen molar-refractivity contribution < 1.29 is 9.84 Å². The second kappa shape index (κ2) is 6.24. The van der Waals surface area contributed by atoms with E-state index in [-0.39, 0.29) is 18.6 Å². The monoisotopic (exact) mass is 240 g/mol. The summed E-state index contributed by atoms with van der Waals surface area (Å²) in [5, 5.41) is 12.5. The molecule has 0 aliphatic carbocycles. The number of aliphatic hydroxyl groups excluding tert-OH is 1. The number of nitrogens with one attached hydrogen (secondary N) is 1. The molecule has 0 aliphatic rings. The van der Waals surface area contributed by atoms with Gasteiger partial charge in [-0.1, -0.05) is 20.3 Å². The van der Waals surface area contributed by atoms with Crippen molar-refractivity contribution in [2.24, 2.45) is 5.92 Å². The van der Waals surface area contributed by atoms with Gasteiger partial charge in [0.15, 0.2) is 11.6 Å². The van der Waals surface area contributed by atoms with Crippen LogP contribution in [0.5, 0.6) is 5.75 Å². The van der Waals surface area contributed by atoms with E-state index in [9.17, 15) is 5.11 Å². The van der Waals surface area contributed by atoms with E-state index in [1.54, 1.807) is 0 Å². The minimum absolute atomic E-state index is 0.0298. The van der Waals surface area contributed by atoms with Crippen LogP contribution in [0.15, 0.2) is 6.20 Å². The van der Waals surface area contributed by atoms with Crippen LogP contribution < -0.4 is 15.8 Å². The van der Waals surface area contributed by atoms with Crippen LogP contribution in [0, 0.1) is 5.92 Å². The third-order valence-corrected chi connectivity index (χ3v) is 2.84. The molecule has 0 amide bonds. The molecule has 1 heterocycles.